The number of rotatable bonds is 8. The predicted octanol–water partition coefficient (Wildman–Crippen LogP) is 3.29. The van der Waals surface area contributed by atoms with Crippen LogP contribution in [0.15, 0.2) is 29.8 Å². The average Bonchev–Trinajstić information content (AvgIpc) is 3.50. The van der Waals surface area contributed by atoms with Gasteiger partial charge in [0, 0.05) is 12.6 Å². The van der Waals surface area contributed by atoms with Crippen molar-refractivity contribution in [3.8, 4) is 11.5 Å². The maximum absolute atomic E-state index is 12.4. The van der Waals surface area contributed by atoms with Crippen LogP contribution in [0.2, 0.25) is 0 Å². The molecule has 0 bridgehead atoms. The van der Waals surface area contributed by atoms with Crippen molar-refractivity contribution in [2.24, 2.45) is 11.8 Å². The average molecular weight is 372 g/mol. The lowest BCUT2D eigenvalue weighted by molar-refractivity contribution is -0.125. The maximum atomic E-state index is 12.4. The highest BCUT2D eigenvalue weighted by Gasteiger charge is 2.48. The van der Waals surface area contributed by atoms with Crippen molar-refractivity contribution < 1.29 is 19.1 Å². The zero-order chi connectivity index (χ0) is 19.2. The Morgan fingerprint density at radius 2 is 1.93 bits per heavy atom. The highest BCUT2D eigenvalue weighted by molar-refractivity contribution is 6.00. The van der Waals surface area contributed by atoms with E-state index in [0.717, 1.165) is 19.3 Å². The van der Waals surface area contributed by atoms with Crippen LogP contribution in [0.5, 0.6) is 11.5 Å². The minimum absolute atomic E-state index is 0.0201. The Morgan fingerprint density at radius 3 is 2.63 bits per heavy atom. The first-order valence-corrected chi connectivity index (χ1v) is 9.61. The molecule has 2 aliphatic rings. The van der Waals surface area contributed by atoms with Gasteiger partial charge in [0.05, 0.1) is 31.7 Å². The Balaban J connectivity index is 1.45. The van der Waals surface area contributed by atoms with Crippen LogP contribution in [0.3, 0.4) is 0 Å². The van der Waals surface area contributed by atoms with Gasteiger partial charge in [-0.05, 0) is 50.7 Å². The summed E-state index contributed by atoms with van der Waals surface area (Å²) in [6.45, 7) is 0.655. The molecule has 6 nitrogen and oxygen atoms in total. The smallest absolute Gasteiger partial charge is 0.228 e. The summed E-state index contributed by atoms with van der Waals surface area (Å²) in [5.41, 5.74) is 2.02. The SMILES string of the molecule is COc1ccc(NC(=O)C2CC2C(=O)NCCC2=CCCCC2)c(OC)c1. The molecule has 1 saturated carbocycles. The van der Waals surface area contributed by atoms with E-state index in [2.05, 4.69) is 16.7 Å². The lowest BCUT2D eigenvalue weighted by Crippen LogP contribution is -2.28. The molecule has 1 aromatic rings. The summed E-state index contributed by atoms with van der Waals surface area (Å²) in [5, 5.41) is 5.84. The number of hydrogen-bond donors (Lipinski definition) is 2. The number of allylic oxidation sites excluding steroid dienone is 1. The van der Waals surface area contributed by atoms with E-state index < -0.39 is 0 Å². The summed E-state index contributed by atoms with van der Waals surface area (Å²) in [5.74, 6) is 0.522. The van der Waals surface area contributed by atoms with Gasteiger partial charge >= 0.3 is 0 Å². The van der Waals surface area contributed by atoms with Crippen molar-refractivity contribution in [3.63, 3.8) is 0 Å². The molecule has 0 heterocycles. The van der Waals surface area contributed by atoms with Gasteiger partial charge in [0.25, 0.3) is 0 Å². The number of benzene rings is 1. The number of carbonyl (C=O) groups is 2. The van der Waals surface area contributed by atoms with E-state index >= 15 is 0 Å². The number of methoxy groups -OCH3 is 2. The van der Waals surface area contributed by atoms with Crippen LogP contribution in [-0.2, 0) is 9.59 Å². The molecule has 2 atom stereocenters. The minimum atomic E-state index is -0.272. The fourth-order valence-corrected chi connectivity index (χ4v) is 3.51. The van der Waals surface area contributed by atoms with Crippen LogP contribution in [0.4, 0.5) is 5.69 Å². The van der Waals surface area contributed by atoms with E-state index in [4.69, 9.17) is 9.47 Å². The Kier molecular flexibility index (Phi) is 6.37. The van der Waals surface area contributed by atoms with E-state index in [-0.39, 0.29) is 23.7 Å². The molecule has 0 spiro atoms. The second kappa shape index (κ2) is 8.93. The Bertz CT molecular complexity index is 729. The second-order valence-electron chi connectivity index (χ2n) is 7.15. The van der Waals surface area contributed by atoms with E-state index in [1.165, 1.54) is 18.4 Å². The van der Waals surface area contributed by atoms with Gasteiger partial charge < -0.3 is 20.1 Å². The van der Waals surface area contributed by atoms with Crippen molar-refractivity contribution in [1.29, 1.82) is 0 Å². The van der Waals surface area contributed by atoms with Crippen LogP contribution in [0, 0.1) is 11.8 Å². The van der Waals surface area contributed by atoms with E-state index in [1.807, 2.05) is 0 Å². The van der Waals surface area contributed by atoms with Crippen LogP contribution in [0.1, 0.15) is 38.5 Å². The summed E-state index contributed by atoms with van der Waals surface area (Å²) >= 11 is 0. The Hall–Kier alpha value is -2.50. The van der Waals surface area contributed by atoms with Crippen molar-refractivity contribution in [2.75, 3.05) is 26.1 Å². The number of ether oxygens (including phenoxy) is 2. The molecular formula is C21H28N2O4. The number of hydrogen-bond acceptors (Lipinski definition) is 4. The lowest BCUT2D eigenvalue weighted by Gasteiger charge is -2.13. The molecule has 27 heavy (non-hydrogen) atoms. The maximum Gasteiger partial charge on any atom is 0.228 e. The molecule has 1 aromatic carbocycles. The fraction of sp³-hybridized carbons (Fsp3) is 0.524. The molecule has 0 aliphatic heterocycles. The largest absolute Gasteiger partial charge is 0.497 e. The zero-order valence-electron chi connectivity index (χ0n) is 16.0. The third-order valence-corrected chi connectivity index (χ3v) is 5.26. The van der Waals surface area contributed by atoms with E-state index in [1.54, 1.807) is 32.4 Å². The normalized spacial score (nSPS) is 21.0. The first kappa shape index (κ1) is 19.3. The third kappa shape index (κ3) is 5.02. The molecule has 2 unspecified atom stereocenters. The highest BCUT2D eigenvalue weighted by Crippen LogP contribution is 2.40. The van der Waals surface area contributed by atoms with Crippen molar-refractivity contribution in [1.82, 2.24) is 5.32 Å². The van der Waals surface area contributed by atoms with Crippen molar-refractivity contribution in [2.45, 2.75) is 38.5 Å². The zero-order valence-corrected chi connectivity index (χ0v) is 16.0. The number of carbonyl (C=O) groups excluding carboxylic acids is 2. The Morgan fingerprint density at radius 1 is 1.11 bits per heavy atom. The highest BCUT2D eigenvalue weighted by atomic mass is 16.5. The summed E-state index contributed by atoms with van der Waals surface area (Å²) < 4.78 is 10.5. The molecule has 3 rings (SSSR count). The monoisotopic (exact) mass is 372 g/mol. The molecule has 0 radical (unpaired) electrons. The molecule has 6 heteroatoms. The van der Waals surface area contributed by atoms with Gasteiger partial charge in [0.1, 0.15) is 11.5 Å². The van der Waals surface area contributed by atoms with Gasteiger partial charge in [-0.25, -0.2) is 0 Å². The van der Waals surface area contributed by atoms with Crippen LogP contribution in [0.25, 0.3) is 0 Å². The minimum Gasteiger partial charge on any atom is -0.497 e. The van der Waals surface area contributed by atoms with Crippen molar-refractivity contribution in [3.05, 3.63) is 29.8 Å². The van der Waals surface area contributed by atoms with Gasteiger partial charge in [0.2, 0.25) is 11.8 Å². The van der Waals surface area contributed by atoms with Crippen LogP contribution >= 0.6 is 0 Å². The number of nitrogens with one attached hydrogen (secondary N) is 2. The van der Waals surface area contributed by atoms with Crippen LogP contribution < -0.4 is 20.1 Å². The predicted molar refractivity (Wildman–Crippen MR) is 104 cm³/mol. The number of amides is 2. The summed E-state index contributed by atoms with van der Waals surface area (Å²) in [7, 11) is 3.12. The standard InChI is InChI=1S/C21H28N2O4/c1-26-15-8-9-18(19(12-15)27-2)23-21(25)17-13-16(17)20(24)22-11-10-14-6-4-3-5-7-14/h6,8-9,12,16-17H,3-5,7,10-11,13H2,1-2H3,(H,22,24)(H,23,25). The molecule has 1 fully saturated rings. The molecule has 0 saturated heterocycles. The van der Waals surface area contributed by atoms with Gasteiger partial charge in [-0.15, -0.1) is 0 Å². The number of anilines is 1. The fourth-order valence-electron chi connectivity index (χ4n) is 3.51. The van der Waals surface area contributed by atoms with E-state index in [9.17, 15) is 9.59 Å². The second-order valence-corrected chi connectivity index (χ2v) is 7.15. The topological polar surface area (TPSA) is 76.7 Å². The first-order chi connectivity index (χ1) is 13.1. The van der Waals surface area contributed by atoms with Gasteiger partial charge in [-0.3, -0.25) is 9.59 Å². The van der Waals surface area contributed by atoms with Gasteiger partial charge in [0.15, 0.2) is 0 Å². The Labute approximate surface area is 160 Å². The molecule has 0 aromatic heterocycles. The molecule has 2 aliphatic carbocycles. The summed E-state index contributed by atoms with van der Waals surface area (Å²) in [6.07, 6.45) is 8.63. The first-order valence-electron chi connectivity index (χ1n) is 9.61. The third-order valence-electron chi connectivity index (χ3n) is 5.26. The molecule has 2 N–H and O–H groups in total. The van der Waals surface area contributed by atoms with Gasteiger partial charge in [-0.1, -0.05) is 11.6 Å². The molecule has 146 valence electrons. The van der Waals surface area contributed by atoms with Gasteiger partial charge in [-0.2, -0.15) is 0 Å². The lowest BCUT2D eigenvalue weighted by atomic mass is 9.97. The summed E-state index contributed by atoms with van der Waals surface area (Å²) in [4.78, 5) is 24.7. The summed E-state index contributed by atoms with van der Waals surface area (Å²) in [6, 6.07) is 5.22. The molecule has 2 amide bonds. The van der Waals surface area contributed by atoms with Crippen molar-refractivity contribution >= 4 is 17.5 Å². The van der Waals surface area contributed by atoms with Crippen LogP contribution in [-0.4, -0.2) is 32.6 Å². The molecular weight excluding hydrogens is 344 g/mol. The quantitative estimate of drug-likeness (QED) is 0.687. The van der Waals surface area contributed by atoms with E-state index in [0.29, 0.717) is 30.2 Å².